The minimum Gasteiger partial charge on any atom is -0.490 e. The number of aldehydes is 1. The maximum Gasteiger partial charge on any atom is 0.153 e. The normalized spacial score (nSPS) is 12.1. The minimum atomic E-state index is 0.174. The molecule has 0 aliphatic heterocycles. The fraction of sp³-hybridized carbons (Fsp3) is 0.533. The number of para-hydroxylation sites is 1. The van der Waals surface area contributed by atoms with Crippen LogP contribution in [0, 0.1) is 0 Å². The summed E-state index contributed by atoms with van der Waals surface area (Å²) in [5.41, 5.74) is 0.632. The van der Waals surface area contributed by atoms with Crippen LogP contribution in [0.25, 0.3) is 0 Å². The Hall–Kier alpha value is -1.31. The van der Waals surface area contributed by atoms with Gasteiger partial charge in [0.2, 0.25) is 0 Å². The highest BCUT2D eigenvalue weighted by molar-refractivity contribution is 5.79. The van der Waals surface area contributed by atoms with E-state index in [0.29, 0.717) is 11.3 Å². The largest absolute Gasteiger partial charge is 0.490 e. The molecule has 1 aromatic carbocycles. The number of ether oxygens (including phenoxy) is 1. The Kier molecular flexibility index (Phi) is 6.38. The van der Waals surface area contributed by atoms with Crippen molar-refractivity contribution in [2.24, 2.45) is 0 Å². The lowest BCUT2D eigenvalue weighted by atomic mass is 10.1. The zero-order chi connectivity index (χ0) is 12.5. The lowest BCUT2D eigenvalue weighted by molar-refractivity contribution is 0.111. The second-order valence-corrected chi connectivity index (χ2v) is 4.43. The molecule has 0 unspecified atom stereocenters. The molecular weight excluding hydrogens is 212 g/mol. The molecule has 0 radical (unpaired) electrons. The Morgan fingerprint density at radius 1 is 1.24 bits per heavy atom. The van der Waals surface area contributed by atoms with Crippen LogP contribution < -0.4 is 4.74 Å². The van der Waals surface area contributed by atoms with Crippen molar-refractivity contribution >= 4 is 6.29 Å². The van der Waals surface area contributed by atoms with Gasteiger partial charge in [0.1, 0.15) is 5.75 Å². The Morgan fingerprint density at radius 3 is 2.71 bits per heavy atom. The van der Waals surface area contributed by atoms with E-state index in [9.17, 15) is 4.79 Å². The summed E-state index contributed by atoms with van der Waals surface area (Å²) in [6.07, 6.45) is 7.07. The summed E-state index contributed by atoms with van der Waals surface area (Å²) in [6.45, 7) is 4.27. The molecule has 0 aliphatic rings. The van der Waals surface area contributed by atoms with Crippen LogP contribution >= 0.6 is 0 Å². The quantitative estimate of drug-likeness (QED) is 0.497. The molecule has 0 N–H and O–H groups in total. The number of unbranched alkanes of at least 4 members (excludes halogenated alkanes) is 3. The van der Waals surface area contributed by atoms with Crippen molar-refractivity contribution in [2.45, 2.75) is 52.1 Å². The van der Waals surface area contributed by atoms with Crippen molar-refractivity contribution in [3.63, 3.8) is 0 Å². The van der Waals surface area contributed by atoms with Gasteiger partial charge in [0.05, 0.1) is 11.7 Å². The molecule has 1 atom stereocenters. The second kappa shape index (κ2) is 7.88. The Morgan fingerprint density at radius 2 is 2.00 bits per heavy atom. The summed E-state index contributed by atoms with van der Waals surface area (Å²) in [6, 6.07) is 7.38. The predicted octanol–water partition coefficient (Wildman–Crippen LogP) is 4.24. The maximum atomic E-state index is 10.8. The monoisotopic (exact) mass is 234 g/mol. The molecule has 1 aromatic rings. The summed E-state index contributed by atoms with van der Waals surface area (Å²) in [7, 11) is 0. The average Bonchev–Trinajstić information content (AvgIpc) is 2.35. The van der Waals surface area contributed by atoms with Crippen LogP contribution in [0.1, 0.15) is 56.3 Å². The highest BCUT2D eigenvalue weighted by Gasteiger charge is 2.07. The van der Waals surface area contributed by atoms with Gasteiger partial charge in [-0.05, 0) is 31.9 Å². The van der Waals surface area contributed by atoms with Gasteiger partial charge < -0.3 is 4.74 Å². The lowest BCUT2D eigenvalue weighted by Gasteiger charge is -2.15. The van der Waals surface area contributed by atoms with Crippen molar-refractivity contribution in [2.75, 3.05) is 0 Å². The summed E-state index contributed by atoms with van der Waals surface area (Å²) < 4.78 is 5.79. The van der Waals surface area contributed by atoms with E-state index in [0.717, 1.165) is 12.7 Å². The fourth-order valence-electron chi connectivity index (χ4n) is 1.82. The predicted molar refractivity (Wildman–Crippen MR) is 70.7 cm³/mol. The molecule has 0 fully saturated rings. The van der Waals surface area contributed by atoms with Crippen LogP contribution in [0.2, 0.25) is 0 Å². The van der Waals surface area contributed by atoms with Crippen LogP contribution in [0.5, 0.6) is 5.75 Å². The molecule has 0 heterocycles. The van der Waals surface area contributed by atoms with Crippen LogP contribution in [0.15, 0.2) is 24.3 Å². The van der Waals surface area contributed by atoms with Crippen LogP contribution in [-0.4, -0.2) is 12.4 Å². The van der Waals surface area contributed by atoms with Gasteiger partial charge in [-0.3, -0.25) is 4.79 Å². The molecule has 17 heavy (non-hydrogen) atoms. The minimum absolute atomic E-state index is 0.174. The molecule has 0 saturated carbocycles. The Labute approximate surface area is 104 Å². The zero-order valence-electron chi connectivity index (χ0n) is 10.8. The average molecular weight is 234 g/mol. The molecule has 0 bridgehead atoms. The number of rotatable bonds is 8. The molecule has 0 amide bonds. The van der Waals surface area contributed by atoms with Crippen molar-refractivity contribution in [1.29, 1.82) is 0 Å². The highest BCUT2D eigenvalue weighted by atomic mass is 16.5. The second-order valence-electron chi connectivity index (χ2n) is 4.43. The molecule has 0 spiro atoms. The number of hydrogen-bond acceptors (Lipinski definition) is 2. The smallest absolute Gasteiger partial charge is 0.153 e. The third-order valence-electron chi connectivity index (χ3n) is 2.84. The first-order chi connectivity index (χ1) is 8.27. The van der Waals surface area contributed by atoms with E-state index in [-0.39, 0.29) is 6.10 Å². The molecule has 94 valence electrons. The highest BCUT2D eigenvalue weighted by Crippen LogP contribution is 2.19. The SMILES string of the molecule is CCCCCC[C@@H](C)Oc1ccccc1C=O. The van der Waals surface area contributed by atoms with Gasteiger partial charge in [0, 0.05) is 0 Å². The summed E-state index contributed by atoms with van der Waals surface area (Å²) in [4.78, 5) is 10.8. The molecular formula is C15H22O2. The Balaban J connectivity index is 2.39. The standard InChI is InChI=1S/C15H22O2/c1-3-4-5-6-9-13(2)17-15-11-8-7-10-14(15)12-16/h7-8,10-13H,3-6,9H2,1-2H3/t13-/m1/s1. The van der Waals surface area contributed by atoms with Gasteiger partial charge in [-0.1, -0.05) is 38.3 Å². The van der Waals surface area contributed by atoms with Crippen molar-refractivity contribution in [3.8, 4) is 5.75 Å². The molecule has 0 aliphatic carbocycles. The number of carbonyl (C=O) groups excluding carboxylic acids is 1. The van der Waals surface area contributed by atoms with E-state index < -0.39 is 0 Å². The van der Waals surface area contributed by atoms with E-state index >= 15 is 0 Å². The fourth-order valence-corrected chi connectivity index (χ4v) is 1.82. The van der Waals surface area contributed by atoms with Crippen LogP contribution in [0.3, 0.4) is 0 Å². The summed E-state index contributed by atoms with van der Waals surface area (Å²) in [5, 5.41) is 0. The maximum absolute atomic E-state index is 10.8. The first-order valence-corrected chi connectivity index (χ1v) is 6.48. The zero-order valence-corrected chi connectivity index (χ0v) is 10.8. The molecule has 1 rings (SSSR count). The van der Waals surface area contributed by atoms with Gasteiger partial charge in [-0.2, -0.15) is 0 Å². The van der Waals surface area contributed by atoms with Gasteiger partial charge >= 0.3 is 0 Å². The third kappa shape index (κ3) is 5.03. The first-order valence-electron chi connectivity index (χ1n) is 6.48. The first kappa shape index (κ1) is 13.8. The topological polar surface area (TPSA) is 26.3 Å². The van der Waals surface area contributed by atoms with Gasteiger partial charge in [0.25, 0.3) is 0 Å². The van der Waals surface area contributed by atoms with E-state index in [1.165, 1.54) is 25.7 Å². The van der Waals surface area contributed by atoms with Gasteiger partial charge in [-0.25, -0.2) is 0 Å². The number of hydrogen-bond donors (Lipinski definition) is 0. The number of carbonyl (C=O) groups is 1. The molecule has 0 aromatic heterocycles. The van der Waals surface area contributed by atoms with Crippen molar-refractivity contribution in [3.05, 3.63) is 29.8 Å². The van der Waals surface area contributed by atoms with Crippen LogP contribution in [-0.2, 0) is 0 Å². The van der Waals surface area contributed by atoms with Crippen molar-refractivity contribution in [1.82, 2.24) is 0 Å². The Bertz CT molecular complexity index is 333. The molecule has 2 heteroatoms. The number of benzene rings is 1. The van der Waals surface area contributed by atoms with Crippen molar-refractivity contribution < 1.29 is 9.53 Å². The van der Waals surface area contributed by atoms with Crippen LogP contribution in [0.4, 0.5) is 0 Å². The van der Waals surface area contributed by atoms with E-state index in [1.54, 1.807) is 6.07 Å². The molecule has 2 nitrogen and oxygen atoms in total. The lowest BCUT2D eigenvalue weighted by Crippen LogP contribution is -2.12. The van der Waals surface area contributed by atoms with E-state index in [1.807, 2.05) is 18.2 Å². The third-order valence-corrected chi connectivity index (χ3v) is 2.84. The van der Waals surface area contributed by atoms with Gasteiger partial charge in [-0.15, -0.1) is 0 Å². The van der Waals surface area contributed by atoms with E-state index in [2.05, 4.69) is 13.8 Å². The summed E-state index contributed by atoms with van der Waals surface area (Å²) in [5.74, 6) is 0.700. The summed E-state index contributed by atoms with van der Waals surface area (Å²) >= 11 is 0. The van der Waals surface area contributed by atoms with E-state index in [4.69, 9.17) is 4.74 Å². The molecule has 0 saturated heterocycles. The van der Waals surface area contributed by atoms with Gasteiger partial charge in [0.15, 0.2) is 6.29 Å².